The maximum atomic E-state index is 9.67. The summed E-state index contributed by atoms with van der Waals surface area (Å²) in [5.74, 6) is 0.961. The molecule has 3 heterocycles. The number of rotatable bonds is 4. The number of nitrogens with one attached hydrogen (secondary N) is 1. The van der Waals surface area contributed by atoms with Crippen molar-refractivity contribution in [3.63, 3.8) is 0 Å². The fourth-order valence-electron chi connectivity index (χ4n) is 3.17. The van der Waals surface area contributed by atoms with Crippen LogP contribution in [0.15, 0.2) is 55.0 Å². The lowest BCUT2D eigenvalue weighted by atomic mass is 9.97. The van der Waals surface area contributed by atoms with Gasteiger partial charge in [-0.1, -0.05) is 0 Å². The molecule has 7 nitrogen and oxygen atoms in total. The summed E-state index contributed by atoms with van der Waals surface area (Å²) in [5.41, 5.74) is 11.3. The Hall–Kier alpha value is -4.05. The number of nitrogens with two attached hydrogens (primary N) is 1. The number of anilines is 1. The van der Waals surface area contributed by atoms with Crippen LogP contribution in [0.25, 0.3) is 33.6 Å². The highest BCUT2D eigenvalue weighted by Gasteiger charge is 2.18. The zero-order valence-electron chi connectivity index (χ0n) is 15.5. The van der Waals surface area contributed by atoms with Crippen LogP contribution in [0.5, 0.6) is 5.75 Å². The van der Waals surface area contributed by atoms with E-state index in [1.165, 1.54) is 0 Å². The average molecular weight is 370 g/mol. The molecule has 0 aliphatic rings. The van der Waals surface area contributed by atoms with Crippen LogP contribution in [0.3, 0.4) is 0 Å². The van der Waals surface area contributed by atoms with E-state index in [4.69, 9.17) is 10.5 Å². The Morgan fingerprint density at radius 2 is 1.93 bits per heavy atom. The number of nitriles is 1. The average Bonchev–Trinajstić information content (AvgIpc) is 3.36. The van der Waals surface area contributed by atoms with Crippen LogP contribution < -0.4 is 10.5 Å². The first-order valence-electron chi connectivity index (χ1n) is 8.62. The molecular formula is C21H18N6O. The van der Waals surface area contributed by atoms with Gasteiger partial charge in [-0.05, 0) is 36.4 Å². The van der Waals surface area contributed by atoms with Crippen molar-refractivity contribution >= 4 is 5.82 Å². The molecule has 4 aromatic rings. The molecule has 0 atom stereocenters. The zero-order valence-corrected chi connectivity index (χ0v) is 15.5. The van der Waals surface area contributed by atoms with Gasteiger partial charge >= 0.3 is 0 Å². The minimum atomic E-state index is 0.195. The van der Waals surface area contributed by atoms with Crippen molar-refractivity contribution in [2.75, 3.05) is 12.8 Å². The maximum Gasteiger partial charge on any atom is 0.142 e. The number of aromatic nitrogens is 4. The molecular weight excluding hydrogens is 352 g/mol. The molecule has 7 heteroatoms. The SMILES string of the molecule is COc1ccc(-c2[nH]ncc2-c2cc(-c3ccn(C)c3)nc(N)c2C#N)cc1. The summed E-state index contributed by atoms with van der Waals surface area (Å²) in [6, 6.07) is 13.6. The van der Waals surface area contributed by atoms with Gasteiger partial charge in [0.25, 0.3) is 0 Å². The molecule has 0 saturated heterocycles. The standard InChI is InChI=1S/C21H18N6O/c1-27-8-7-14(12-27)19-9-16(17(10-22)21(23)25-19)18-11-24-26-20(18)13-3-5-15(28-2)6-4-13/h3-9,11-12H,1-2H3,(H2,23,25)(H,24,26). The van der Waals surface area contributed by atoms with Gasteiger partial charge in [-0.25, -0.2) is 4.98 Å². The van der Waals surface area contributed by atoms with Gasteiger partial charge in [0.2, 0.25) is 0 Å². The number of nitrogen functional groups attached to an aromatic ring is 1. The molecule has 0 saturated carbocycles. The third-order valence-corrected chi connectivity index (χ3v) is 4.60. The van der Waals surface area contributed by atoms with E-state index in [1.54, 1.807) is 13.3 Å². The van der Waals surface area contributed by atoms with Gasteiger partial charge in [0.15, 0.2) is 0 Å². The Morgan fingerprint density at radius 3 is 2.57 bits per heavy atom. The van der Waals surface area contributed by atoms with E-state index in [2.05, 4.69) is 21.3 Å². The van der Waals surface area contributed by atoms with E-state index in [0.29, 0.717) is 16.8 Å². The number of benzene rings is 1. The number of hydrogen-bond acceptors (Lipinski definition) is 5. The monoisotopic (exact) mass is 370 g/mol. The topological polar surface area (TPSA) is 106 Å². The molecule has 3 aromatic heterocycles. The summed E-state index contributed by atoms with van der Waals surface area (Å²) in [6.45, 7) is 0. The van der Waals surface area contributed by atoms with E-state index < -0.39 is 0 Å². The predicted molar refractivity (Wildman–Crippen MR) is 107 cm³/mol. The molecule has 0 fully saturated rings. The van der Waals surface area contributed by atoms with E-state index in [1.807, 2.05) is 60.4 Å². The fourth-order valence-corrected chi connectivity index (χ4v) is 3.17. The summed E-state index contributed by atoms with van der Waals surface area (Å²) in [4.78, 5) is 4.42. The number of aromatic amines is 1. The second-order valence-corrected chi connectivity index (χ2v) is 6.38. The third kappa shape index (κ3) is 2.97. The van der Waals surface area contributed by atoms with Crippen molar-refractivity contribution in [3.05, 3.63) is 60.6 Å². The predicted octanol–water partition coefficient (Wildman–Crippen LogP) is 3.61. The van der Waals surface area contributed by atoms with Gasteiger partial charge in [0, 0.05) is 41.7 Å². The molecule has 4 rings (SSSR count). The molecule has 0 aliphatic carbocycles. The molecule has 0 spiro atoms. The fraction of sp³-hybridized carbons (Fsp3) is 0.0952. The molecule has 28 heavy (non-hydrogen) atoms. The molecule has 0 unspecified atom stereocenters. The number of pyridine rings is 1. The second kappa shape index (κ2) is 6.93. The molecule has 0 radical (unpaired) electrons. The van der Waals surface area contributed by atoms with Crippen molar-refractivity contribution < 1.29 is 4.74 Å². The highest BCUT2D eigenvalue weighted by Crippen LogP contribution is 2.36. The lowest BCUT2D eigenvalue weighted by molar-refractivity contribution is 0.415. The minimum absolute atomic E-state index is 0.195. The van der Waals surface area contributed by atoms with Crippen LogP contribution in [0, 0.1) is 11.3 Å². The maximum absolute atomic E-state index is 9.67. The summed E-state index contributed by atoms with van der Waals surface area (Å²) in [7, 11) is 3.57. The van der Waals surface area contributed by atoms with Crippen LogP contribution in [0.4, 0.5) is 5.82 Å². The lowest BCUT2D eigenvalue weighted by Crippen LogP contribution is -2.00. The molecule has 1 aromatic carbocycles. The van der Waals surface area contributed by atoms with E-state index in [0.717, 1.165) is 28.1 Å². The summed E-state index contributed by atoms with van der Waals surface area (Å²) >= 11 is 0. The first-order valence-corrected chi connectivity index (χ1v) is 8.62. The first kappa shape index (κ1) is 17.4. The smallest absolute Gasteiger partial charge is 0.142 e. The Bertz CT molecular complexity index is 1180. The normalized spacial score (nSPS) is 10.6. The molecule has 0 bridgehead atoms. The van der Waals surface area contributed by atoms with Gasteiger partial charge in [0.1, 0.15) is 23.2 Å². The Balaban J connectivity index is 1.88. The Morgan fingerprint density at radius 1 is 1.14 bits per heavy atom. The summed E-state index contributed by atoms with van der Waals surface area (Å²) < 4.78 is 7.16. The number of ether oxygens (including phenoxy) is 1. The quantitative estimate of drug-likeness (QED) is 0.571. The Kier molecular flexibility index (Phi) is 4.30. The molecule has 138 valence electrons. The molecule has 0 amide bonds. The third-order valence-electron chi connectivity index (χ3n) is 4.60. The highest BCUT2D eigenvalue weighted by atomic mass is 16.5. The number of nitrogens with zero attached hydrogens (tertiary/aromatic N) is 4. The van der Waals surface area contributed by atoms with E-state index >= 15 is 0 Å². The van der Waals surface area contributed by atoms with Crippen LogP contribution >= 0.6 is 0 Å². The largest absolute Gasteiger partial charge is 0.497 e. The van der Waals surface area contributed by atoms with Gasteiger partial charge < -0.3 is 15.0 Å². The van der Waals surface area contributed by atoms with Crippen molar-refractivity contribution in [1.82, 2.24) is 19.7 Å². The first-order chi connectivity index (χ1) is 13.6. The van der Waals surface area contributed by atoms with Crippen LogP contribution in [-0.4, -0.2) is 26.9 Å². The highest BCUT2D eigenvalue weighted by molar-refractivity contribution is 5.87. The van der Waals surface area contributed by atoms with Crippen LogP contribution in [0.2, 0.25) is 0 Å². The summed E-state index contributed by atoms with van der Waals surface area (Å²) in [6.07, 6.45) is 5.59. The van der Waals surface area contributed by atoms with Crippen molar-refractivity contribution in [1.29, 1.82) is 5.26 Å². The van der Waals surface area contributed by atoms with Gasteiger partial charge in [-0.2, -0.15) is 10.4 Å². The van der Waals surface area contributed by atoms with Crippen LogP contribution in [0.1, 0.15) is 5.56 Å². The molecule has 3 N–H and O–H groups in total. The van der Waals surface area contributed by atoms with Crippen molar-refractivity contribution in [2.24, 2.45) is 7.05 Å². The minimum Gasteiger partial charge on any atom is -0.497 e. The number of H-pyrrole nitrogens is 1. The van der Waals surface area contributed by atoms with Crippen molar-refractivity contribution in [3.8, 4) is 45.5 Å². The van der Waals surface area contributed by atoms with E-state index in [9.17, 15) is 5.26 Å². The lowest BCUT2D eigenvalue weighted by Gasteiger charge is -2.10. The van der Waals surface area contributed by atoms with Gasteiger partial charge in [-0.15, -0.1) is 0 Å². The van der Waals surface area contributed by atoms with Crippen LogP contribution in [-0.2, 0) is 7.05 Å². The van der Waals surface area contributed by atoms with Gasteiger partial charge in [0.05, 0.1) is 24.7 Å². The van der Waals surface area contributed by atoms with Crippen molar-refractivity contribution in [2.45, 2.75) is 0 Å². The zero-order chi connectivity index (χ0) is 19.7. The van der Waals surface area contributed by atoms with Gasteiger partial charge in [-0.3, -0.25) is 5.10 Å². The summed E-state index contributed by atoms with van der Waals surface area (Å²) in [5, 5.41) is 16.9. The second-order valence-electron chi connectivity index (χ2n) is 6.38. The van der Waals surface area contributed by atoms with E-state index in [-0.39, 0.29) is 5.82 Å². The number of methoxy groups -OCH3 is 1. The number of aryl methyl sites for hydroxylation is 1. The molecule has 0 aliphatic heterocycles. The Labute approximate surface area is 162 Å². The number of hydrogen-bond donors (Lipinski definition) is 2.